The van der Waals surface area contributed by atoms with Gasteiger partial charge in [0.2, 0.25) is 17.7 Å². The predicted octanol–water partition coefficient (Wildman–Crippen LogP) is 15.5. The molecule has 14 N–H and O–H groups in total. The summed E-state index contributed by atoms with van der Waals surface area (Å²) in [7, 11) is 0. The van der Waals surface area contributed by atoms with E-state index in [2.05, 4.69) is 78.9 Å². The summed E-state index contributed by atoms with van der Waals surface area (Å²) in [6.45, 7) is 16.6. The summed E-state index contributed by atoms with van der Waals surface area (Å²) in [4.78, 5) is 137. The van der Waals surface area contributed by atoms with Crippen LogP contribution in [0.25, 0.3) is 18.2 Å². The van der Waals surface area contributed by atoms with Crippen molar-refractivity contribution in [2.24, 2.45) is 43.6 Å². The molecule has 27 heteroatoms. The number of amidine groups is 3. The van der Waals surface area contributed by atoms with Crippen molar-refractivity contribution in [3.63, 3.8) is 0 Å². The standard InChI is InChI=1S/C35H40N6O4.C34H40N6O3.C27H34N6O2/c1-3-15-41(16-4-2)34(43)26-17-24-13-14-25(18-31(24)39-32(36)19-26)33(42)38-27-20-28-29(37-21-27)11-8-12-30(28)40-35(44)45-22-23-9-6-5-7-10-23;1-3-14-40(15-4-2)34(43)27-17-25-11-12-26(18-31(25)39-32(36)19-27)33(42)38-28-16-23(21-37-22-28)10-13-29(41)20-30(35)24-8-6-5-7-9-24;1-3-10-33(11-4-2)27(35)19-12-17-8-9-18(13-24(17)32-25(29)14-19)26(34)31-20-15-21-22(28)6-5-7-23(21)30-16-20/h5-7,9-10,13-14,17-18,20-21,30H,3-4,8,11-12,15-16,19,22H2,1-2H3,(H2,36,39)(H,38,42)(H,40,44);5-9,11-12,16-18,21-22,30H,3-4,10,13-15,19-20,35H2,1-2H3,(H2,36,39)(H,38,42);8-9,12-13,15-16,22H,3-7,10-11,14,28H2,1-2H3,(H2,29,32)(H,31,34). The van der Waals surface area contributed by atoms with Gasteiger partial charge in [0.05, 0.1) is 58.8 Å². The number of hydrogen-bond donors (Lipinski definition) is 9. The molecule has 8 aromatic rings. The van der Waals surface area contributed by atoms with Gasteiger partial charge in [-0.05, 0) is 184 Å². The molecule has 642 valence electrons. The number of nitrogens with one attached hydrogen (secondary N) is 4. The maximum absolute atomic E-state index is 13.3. The van der Waals surface area contributed by atoms with Crippen LogP contribution in [0.3, 0.4) is 0 Å². The lowest BCUT2D eigenvalue weighted by atomic mass is 9.91. The lowest BCUT2D eigenvalue weighted by Gasteiger charge is -2.26. The number of Topliss-reactive ketones (excluding diaryl/α,β-unsaturated/α-hetero) is 1. The van der Waals surface area contributed by atoms with Gasteiger partial charge in [-0.3, -0.25) is 48.5 Å². The monoisotopic (exact) mass is 1660 g/mol. The van der Waals surface area contributed by atoms with Crippen molar-refractivity contribution >= 4 is 117 Å². The van der Waals surface area contributed by atoms with Crippen LogP contribution in [0.1, 0.15) is 243 Å². The van der Waals surface area contributed by atoms with E-state index in [4.69, 9.17) is 33.4 Å². The molecule has 0 spiro atoms. The van der Waals surface area contributed by atoms with Crippen LogP contribution in [0.15, 0.2) is 190 Å². The molecule has 0 saturated carbocycles. The minimum absolute atomic E-state index is 0.0142. The third kappa shape index (κ3) is 25.3. The molecular weight excluding hydrogens is 1550 g/mol. The average molecular weight is 1660 g/mol. The van der Waals surface area contributed by atoms with Gasteiger partial charge in [0, 0.05) is 151 Å². The molecule has 123 heavy (non-hydrogen) atoms. The lowest BCUT2D eigenvalue weighted by molar-refractivity contribution is -0.128. The summed E-state index contributed by atoms with van der Waals surface area (Å²) in [5, 5.41) is 11.7. The number of ether oxygens (including phenoxy) is 1. The Morgan fingerprint density at radius 3 is 1.32 bits per heavy atom. The molecule has 3 unspecified atom stereocenters. The highest BCUT2D eigenvalue weighted by molar-refractivity contribution is 6.11. The average Bonchev–Trinajstić information content (AvgIpc) is 1.71. The van der Waals surface area contributed by atoms with Crippen molar-refractivity contribution in [2.75, 3.05) is 55.2 Å². The normalized spacial score (nSPS) is 15.0. The van der Waals surface area contributed by atoms with Crippen molar-refractivity contribution < 1.29 is 43.1 Å². The largest absolute Gasteiger partial charge is 0.445 e. The number of carbonyl (C=O) groups excluding carboxylic acids is 8. The Balaban J connectivity index is 0.000000181. The lowest BCUT2D eigenvalue weighted by Crippen LogP contribution is -2.34. The summed E-state index contributed by atoms with van der Waals surface area (Å²) < 4.78 is 5.43. The fraction of sp³-hybridized carbons (Fsp3) is 0.354. The number of aryl methyl sites for hydroxylation is 3. The first kappa shape index (κ1) is 90.6. The van der Waals surface area contributed by atoms with Crippen molar-refractivity contribution in [1.29, 1.82) is 0 Å². The van der Waals surface area contributed by atoms with Gasteiger partial charge < -0.3 is 69.4 Å². The second-order valence-corrected chi connectivity index (χ2v) is 31.4. The smallest absolute Gasteiger partial charge is 0.407 e. The maximum atomic E-state index is 13.3. The van der Waals surface area contributed by atoms with Gasteiger partial charge in [-0.1, -0.05) is 120 Å². The number of amides is 7. The van der Waals surface area contributed by atoms with E-state index in [1.54, 1.807) is 73.3 Å². The van der Waals surface area contributed by atoms with E-state index >= 15 is 0 Å². The summed E-state index contributed by atoms with van der Waals surface area (Å²) in [5.74, 6) is 0.0278. The van der Waals surface area contributed by atoms with Crippen LogP contribution in [0.2, 0.25) is 0 Å². The molecule has 3 aromatic heterocycles. The second-order valence-electron chi connectivity index (χ2n) is 31.4. The molecule has 0 radical (unpaired) electrons. The minimum Gasteiger partial charge on any atom is -0.445 e. The molecular formula is C96H114N18O9. The topological polar surface area (TPSA) is 409 Å². The Morgan fingerprint density at radius 2 is 0.878 bits per heavy atom. The van der Waals surface area contributed by atoms with Crippen LogP contribution in [0.4, 0.5) is 38.9 Å². The zero-order chi connectivity index (χ0) is 87.5. The van der Waals surface area contributed by atoms with Gasteiger partial charge in [-0.15, -0.1) is 0 Å². The van der Waals surface area contributed by atoms with E-state index in [0.29, 0.717) is 137 Å². The zero-order valence-electron chi connectivity index (χ0n) is 71.2. The fourth-order valence-corrected chi connectivity index (χ4v) is 15.5. The number of benzene rings is 5. The first-order chi connectivity index (χ1) is 59.5. The first-order valence-electron chi connectivity index (χ1n) is 42.8. The van der Waals surface area contributed by atoms with Gasteiger partial charge in [0.15, 0.2) is 0 Å². The number of carbonyl (C=O) groups is 8. The molecule has 3 aliphatic heterocycles. The van der Waals surface area contributed by atoms with Crippen molar-refractivity contribution in [3.8, 4) is 0 Å². The van der Waals surface area contributed by atoms with Gasteiger partial charge >= 0.3 is 6.09 Å². The molecule has 0 fully saturated rings. The molecule has 3 atom stereocenters. The Bertz CT molecular complexity index is 5330. The highest BCUT2D eigenvalue weighted by Crippen LogP contribution is 2.36. The van der Waals surface area contributed by atoms with Gasteiger partial charge in [-0.25, -0.2) is 19.8 Å². The van der Waals surface area contributed by atoms with Crippen LogP contribution >= 0.6 is 0 Å². The predicted molar refractivity (Wildman–Crippen MR) is 486 cm³/mol. The fourth-order valence-electron chi connectivity index (χ4n) is 15.5. The minimum atomic E-state index is -0.502. The van der Waals surface area contributed by atoms with Crippen molar-refractivity contribution in [3.05, 3.63) is 248 Å². The number of nitrogens with zero attached hydrogens (tertiary/aromatic N) is 9. The molecule has 7 amide bonds. The first-order valence-corrected chi connectivity index (χ1v) is 42.8. The van der Waals surface area contributed by atoms with Crippen molar-refractivity contribution in [2.45, 2.75) is 182 Å². The molecule has 27 nitrogen and oxygen atoms in total. The molecule has 5 aliphatic rings. The van der Waals surface area contributed by atoms with E-state index in [0.717, 1.165) is 133 Å². The van der Waals surface area contributed by atoms with Crippen LogP contribution in [-0.2, 0) is 49.8 Å². The maximum Gasteiger partial charge on any atom is 0.407 e. The van der Waals surface area contributed by atoms with Gasteiger partial charge in [0.1, 0.15) is 29.9 Å². The zero-order valence-corrected chi connectivity index (χ0v) is 71.2. The van der Waals surface area contributed by atoms with Crippen LogP contribution in [0, 0.1) is 0 Å². The highest BCUT2D eigenvalue weighted by atomic mass is 16.5. The quantitative estimate of drug-likeness (QED) is 0.0202. The third-order valence-corrected chi connectivity index (χ3v) is 21.5. The number of fused-ring (bicyclic) bond motifs is 5. The second kappa shape index (κ2) is 44.4. The number of alkyl carbamates (subject to hydrolysis) is 1. The number of hydrogen-bond acceptors (Lipinski definition) is 20. The number of aromatic nitrogens is 3. The Morgan fingerprint density at radius 1 is 0.472 bits per heavy atom. The highest BCUT2D eigenvalue weighted by Gasteiger charge is 2.29. The van der Waals surface area contributed by atoms with E-state index in [1.165, 1.54) is 0 Å². The van der Waals surface area contributed by atoms with Crippen LogP contribution in [-0.4, -0.2) is 134 Å². The van der Waals surface area contributed by atoms with Crippen LogP contribution in [0.5, 0.6) is 0 Å². The van der Waals surface area contributed by atoms with Gasteiger partial charge in [-0.2, -0.15) is 0 Å². The Labute approximate surface area is 719 Å². The molecule has 13 rings (SSSR count). The summed E-state index contributed by atoms with van der Waals surface area (Å²) in [6.07, 6.45) is 23.9. The third-order valence-electron chi connectivity index (χ3n) is 21.5. The Kier molecular flexibility index (Phi) is 32.7. The number of pyridine rings is 3. The number of rotatable bonds is 30. The molecule has 5 aromatic carbocycles. The molecule has 6 heterocycles. The molecule has 0 saturated heterocycles. The summed E-state index contributed by atoms with van der Waals surface area (Å²) >= 11 is 0. The molecule has 2 aliphatic carbocycles. The van der Waals surface area contributed by atoms with Crippen molar-refractivity contribution in [1.82, 2.24) is 35.0 Å². The van der Waals surface area contributed by atoms with E-state index in [9.17, 15) is 38.4 Å². The summed E-state index contributed by atoms with van der Waals surface area (Å²) in [6, 6.07) is 39.6. The number of ketones is 1. The van der Waals surface area contributed by atoms with E-state index in [1.807, 2.05) is 132 Å². The number of nitrogens with two attached hydrogens (primary N) is 5. The number of aliphatic imine (C=N–C) groups is 3. The molecule has 0 bridgehead atoms. The van der Waals surface area contributed by atoms with E-state index < -0.39 is 6.09 Å². The van der Waals surface area contributed by atoms with Gasteiger partial charge in [0.25, 0.3) is 17.7 Å². The summed E-state index contributed by atoms with van der Waals surface area (Å²) in [5.41, 5.74) is 46.0. The Hall–Kier alpha value is -13.1. The van der Waals surface area contributed by atoms with E-state index in [-0.39, 0.29) is 91.6 Å². The van der Waals surface area contributed by atoms with Crippen LogP contribution < -0.4 is 49.9 Å². The SMILES string of the molecule is CCCN(CCC)C(=O)C1=Cc2ccc(C(=O)Nc3cnc4c(c3)C(N)CCC4)cc2N=C(N)C1.CCCN(CCC)C(=O)C1=Cc2ccc(C(=O)Nc3cnc4c(c3)C(NC(=O)OCc3ccccc3)CCC4)cc2N=C(N)C1.CCCN(CCC)C(=O)C1=Cc2ccc(C(=O)Nc3cncc(CCC(=O)CC(N)c4ccccc4)c3)cc2N=C(N)C1. The number of anilines is 3.